The van der Waals surface area contributed by atoms with Gasteiger partial charge < -0.3 is 10.3 Å². The van der Waals surface area contributed by atoms with Gasteiger partial charge in [-0.2, -0.15) is 0 Å². The highest BCUT2D eigenvalue weighted by Gasteiger charge is 2.25. The topological polar surface area (TPSA) is 60.9 Å². The number of nitrogens with zero attached hydrogens (tertiary/aromatic N) is 2. The molecule has 2 N–H and O–H groups in total. The number of primary amides is 1. The summed E-state index contributed by atoms with van der Waals surface area (Å²) in [4.78, 5) is 15.6. The quantitative estimate of drug-likeness (QED) is 0.932. The Morgan fingerprint density at radius 2 is 2.05 bits per heavy atom. The third-order valence-electron chi connectivity index (χ3n) is 3.37. The van der Waals surface area contributed by atoms with Gasteiger partial charge in [0, 0.05) is 17.7 Å². The molecule has 4 nitrogen and oxygen atoms in total. The molecular weight excluding hydrogens is 250 g/mol. The third kappa shape index (κ3) is 2.90. The van der Waals surface area contributed by atoms with E-state index in [1.807, 2.05) is 43.7 Å². The number of rotatable bonds is 3. The molecule has 1 aromatic heterocycles. The van der Waals surface area contributed by atoms with E-state index in [1.165, 1.54) is 12.8 Å². The first kappa shape index (κ1) is 14.3. The summed E-state index contributed by atoms with van der Waals surface area (Å²) in [6.07, 6.45) is 6.32. The van der Waals surface area contributed by atoms with E-state index < -0.39 is 5.91 Å². The Hall–Kier alpha value is -2.10. The van der Waals surface area contributed by atoms with Crippen LogP contribution in [0.25, 0.3) is 5.69 Å². The molecule has 1 saturated carbocycles. The maximum Gasteiger partial charge on any atom is 0.248 e. The fourth-order valence-corrected chi connectivity index (χ4v) is 2.10. The fourth-order valence-electron chi connectivity index (χ4n) is 2.10. The molecule has 1 aliphatic rings. The summed E-state index contributed by atoms with van der Waals surface area (Å²) in [5.41, 5.74) is 9.03. The fraction of sp³-hybridized carbons (Fsp3) is 0.375. The standard InChI is InChI=1S/C14H15N3O.C2H6/c1-9-2-3-11(14(15)18)6-13(9)17-7-12(16-8-17)10-4-5-10;1-2/h2-3,6-8,10H,4-5H2,1H3,(H2,15,18);1-2H3. The van der Waals surface area contributed by atoms with Gasteiger partial charge in [-0.1, -0.05) is 19.9 Å². The SMILES string of the molecule is CC.Cc1ccc(C(N)=O)cc1-n1cnc(C2CC2)c1. The van der Waals surface area contributed by atoms with Crippen LogP contribution in [0, 0.1) is 6.92 Å². The van der Waals surface area contributed by atoms with Crippen molar-refractivity contribution in [2.75, 3.05) is 0 Å². The van der Waals surface area contributed by atoms with Crippen molar-refractivity contribution in [2.24, 2.45) is 5.73 Å². The van der Waals surface area contributed by atoms with E-state index in [4.69, 9.17) is 5.73 Å². The first-order valence-corrected chi connectivity index (χ1v) is 7.10. The van der Waals surface area contributed by atoms with Crippen LogP contribution >= 0.6 is 0 Å². The predicted octanol–water partition coefficient (Wildman–Crippen LogP) is 3.18. The van der Waals surface area contributed by atoms with Crippen molar-refractivity contribution >= 4 is 5.91 Å². The molecule has 0 unspecified atom stereocenters. The minimum absolute atomic E-state index is 0.404. The number of aromatic nitrogens is 2. The molecule has 1 amide bonds. The van der Waals surface area contributed by atoms with Gasteiger partial charge >= 0.3 is 0 Å². The highest BCUT2D eigenvalue weighted by Crippen LogP contribution is 2.39. The molecule has 1 aromatic carbocycles. The van der Waals surface area contributed by atoms with E-state index in [0.29, 0.717) is 11.5 Å². The van der Waals surface area contributed by atoms with Gasteiger partial charge in [-0.15, -0.1) is 0 Å². The number of imidazole rings is 1. The van der Waals surface area contributed by atoms with Crippen LogP contribution < -0.4 is 5.73 Å². The Bertz CT molecular complexity index is 612. The summed E-state index contributed by atoms with van der Waals surface area (Å²) in [5.74, 6) is 0.227. The van der Waals surface area contributed by atoms with Crippen molar-refractivity contribution in [3.05, 3.63) is 47.5 Å². The minimum atomic E-state index is -0.404. The first-order valence-electron chi connectivity index (χ1n) is 7.10. The van der Waals surface area contributed by atoms with Gasteiger partial charge in [-0.3, -0.25) is 4.79 Å². The van der Waals surface area contributed by atoms with Crippen LogP contribution in [-0.2, 0) is 0 Å². The maximum atomic E-state index is 11.2. The summed E-state index contributed by atoms with van der Waals surface area (Å²) in [6, 6.07) is 5.47. The maximum absolute atomic E-state index is 11.2. The second-order valence-electron chi connectivity index (χ2n) is 4.85. The highest BCUT2D eigenvalue weighted by molar-refractivity contribution is 5.93. The number of carbonyl (C=O) groups excluding carboxylic acids is 1. The van der Waals surface area contributed by atoms with Crippen molar-refractivity contribution in [1.29, 1.82) is 0 Å². The van der Waals surface area contributed by atoms with Crippen LogP contribution in [0.15, 0.2) is 30.7 Å². The van der Waals surface area contributed by atoms with E-state index in [-0.39, 0.29) is 0 Å². The van der Waals surface area contributed by atoms with E-state index in [1.54, 1.807) is 12.4 Å². The molecule has 0 spiro atoms. The van der Waals surface area contributed by atoms with Crippen LogP contribution in [0.4, 0.5) is 0 Å². The van der Waals surface area contributed by atoms with Crippen molar-refractivity contribution in [3.63, 3.8) is 0 Å². The first-order chi connectivity index (χ1) is 9.65. The lowest BCUT2D eigenvalue weighted by atomic mass is 10.1. The molecule has 3 rings (SSSR count). The van der Waals surface area contributed by atoms with Crippen LogP contribution in [0.1, 0.15) is 54.2 Å². The summed E-state index contributed by atoms with van der Waals surface area (Å²) in [6.45, 7) is 6.01. The summed E-state index contributed by atoms with van der Waals surface area (Å²) in [7, 11) is 0. The summed E-state index contributed by atoms with van der Waals surface area (Å²) >= 11 is 0. The number of amides is 1. The van der Waals surface area contributed by atoms with Crippen LogP contribution in [0.2, 0.25) is 0 Å². The van der Waals surface area contributed by atoms with E-state index >= 15 is 0 Å². The monoisotopic (exact) mass is 271 g/mol. The second kappa shape index (κ2) is 5.90. The van der Waals surface area contributed by atoms with Crippen molar-refractivity contribution in [1.82, 2.24) is 9.55 Å². The lowest BCUT2D eigenvalue weighted by Gasteiger charge is -2.07. The average molecular weight is 271 g/mol. The molecule has 0 aliphatic heterocycles. The Kier molecular flexibility index (Phi) is 4.23. The molecule has 106 valence electrons. The Morgan fingerprint density at radius 3 is 2.65 bits per heavy atom. The molecule has 1 aliphatic carbocycles. The molecule has 2 aromatic rings. The zero-order valence-electron chi connectivity index (χ0n) is 12.3. The molecule has 0 bridgehead atoms. The van der Waals surface area contributed by atoms with Gasteiger partial charge in [0.1, 0.15) is 0 Å². The number of carbonyl (C=O) groups is 1. The molecule has 0 saturated heterocycles. The van der Waals surface area contributed by atoms with Crippen LogP contribution in [-0.4, -0.2) is 15.5 Å². The zero-order valence-corrected chi connectivity index (χ0v) is 12.3. The molecule has 1 fully saturated rings. The number of nitrogens with two attached hydrogens (primary N) is 1. The predicted molar refractivity (Wildman–Crippen MR) is 80.1 cm³/mol. The minimum Gasteiger partial charge on any atom is -0.366 e. The number of hydrogen-bond acceptors (Lipinski definition) is 2. The summed E-state index contributed by atoms with van der Waals surface area (Å²) in [5, 5.41) is 0. The second-order valence-corrected chi connectivity index (χ2v) is 4.85. The molecule has 0 radical (unpaired) electrons. The Morgan fingerprint density at radius 1 is 1.35 bits per heavy atom. The van der Waals surface area contributed by atoms with Crippen LogP contribution in [0.5, 0.6) is 0 Å². The Balaban J connectivity index is 0.000000704. The van der Waals surface area contributed by atoms with E-state index in [9.17, 15) is 4.79 Å². The molecule has 20 heavy (non-hydrogen) atoms. The molecule has 4 heteroatoms. The van der Waals surface area contributed by atoms with Gasteiger partial charge in [-0.05, 0) is 37.5 Å². The third-order valence-corrected chi connectivity index (χ3v) is 3.37. The lowest BCUT2D eigenvalue weighted by Crippen LogP contribution is -2.11. The lowest BCUT2D eigenvalue weighted by molar-refractivity contribution is 0.100. The van der Waals surface area contributed by atoms with Gasteiger partial charge in [0.15, 0.2) is 0 Å². The average Bonchev–Trinajstić information content (AvgIpc) is 3.20. The van der Waals surface area contributed by atoms with Crippen molar-refractivity contribution in [2.45, 2.75) is 39.5 Å². The number of hydrogen-bond donors (Lipinski definition) is 1. The van der Waals surface area contributed by atoms with Gasteiger partial charge in [0.05, 0.1) is 17.7 Å². The summed E-state index contributed by atoms with van der Waals surface area (Å²) < 4.78 is 1.97. The smallest absolute Gasteiger partial charge is 0.248 e. The van der Waals surface area contributed by atoms with Gasteiger partial charge in [0.2, 0.25) is 5.91 Å². The largest absolute Gasteiger partial charge is 0.366 e. The van der Waals surface area contributed by atoms with Crippen molar-refractivity contribution in [3.8, 4) is 5.69 Å². The molecule has 1 heterocycles. The zero-order chi connectivity index (χ0) is 14.7. The molecular formula is C16H21N3O. The van der Waals surface area contributed by atoms with E-state index in [0.717, 1.165) is 16.9 Å². The van der Waals surface area contributed by atoms with Crippen molar-refractivity contribution < 1.29 is 4.79 Å². The van der Waals surface area contributed by atoms with Gasteiger partial charge in [0.25, 0.3) is 0 Å². The molecule has 0 atom stereocenters. The van der Waals surface area contributed by atoms with Crippen LogP contribution in [0.3, 0.4) is 0 Å². The normalized spacial score (nSPS) is 13.6. The van der Waals surface area contributed by atoms with Gasteiger partial charge in [-0.25, -0.2) is 4.98 Å². The van der Waals surface area contributed by atoms with E-state index in [2.05, 4.69) is 4.98 Å². The number of aryl methyl sites for hydroxylation is 1. The Labute approximate surface area is 119 Å². The highest BCUT2D eigenvalue weighted by atomic mass is 16.1. The number of benzene rings is 1.